The van der Waals surface area contributed by atoms with Crippen molar-refractivity contribution in [1.82, 2.24) is 0 Å². The fraction of sp³-hybridized carbons (Fsp3) is 0.500. The lowest BCUT2D eigenvalue weighted by Crippen LogP contribution is -2.26. The molecule has 0 radical (unpaired) electrons. The van der Waals surface area contributed by atoms with Gasteiger partial charge < -0.3 is 5.73 Å². The van der Waals surface area contributed by atoms with E-state index >= 15 is 0 Å². The number of rotatable bonds is 7. The Labute approximate surface area is 91.1 Å². The van der Waals surface area contributed by atoms with Gasteiger partial charge in [0.2, 0.25) is 0 Å². The fourth-order valence-corrected chi connectivity index (χ4v) is 1.30. The molecular formula is C12H19NO2. The van der Waals surface area contributed by atoms with Crippen molar-refractivity contribution in [2.24, 2.45) is 5.73 Å². The molecule has 0 saturated carbocycles. The molecule has 0 heterocycles. The van der Waals surface area contributed by atoms with E-state index in [1.54, 1.807) is 0 Å². The van der Waals surface area contributed by atoms with E-state index in [4.69, 9.17) is 15.5 Å². The third kappa shape index (κ3) is 5.52. The monoisotopic (exact) mass is 209 g/mol. The maximum Gasteiger partial charge on any atom is 0.0973 e. The topological polar surface area (TPSA) is 44.5 Å². The maximum atomic E-state index is 5.86. The second kappa shape index (κ2) is 7.40. The van der Waals surface area contributed by atoms with Crippen molar-refractivity contribution in [3.8, 4) is 0 Å². The molecule has 0 aliphatic rings. The minimum atomic E-state index is 0.0387. The van der Waals surface area contributed by atoms with Crippen LogP contribution >= 0.6 is 0 Å². The highest BCUT2D eigenvalue weighted by Crippen LogP contribution is 2.04. The summed E-state index contributed by atoms with van der Waals surface area (Å²) in [5, 5.41) is 0. The molecule has 2 N–H and O–H groups in total. The molecule has 0 saturated heterocycles. The zero-order valence-electron chi connectivity index (χ0n) is 9.19. The van der Waals surface area contributed by atoms with Gasteiger partial charge >= 0.3 is 0 Å². The van der Waals surface area contributed by atoms with Crippen LogP contribution < -0.4 is 5.73 Å². The third-order valence-electron chi connectivity index (χ3n) is 2.13. The molecule has 0 unspecified atom stereocenters. The molecule has 0 aromatic heterocycles. The van der Waals surface area contributed by atoms with Crippen molar-refractivity contribution < 1.29 is 9.78 Å². The summed E-state index contributed by atoms with van der Waals surface area (Å²) in [6, 6.07) is 10.3. The van der Waals surface area contributed by atoms with Crippen molar-refractivity contribution in [2.45, 2.75) is 25.8 Å². The van der Waals surface area contributed by atoms with E-state index in [1.165, 1.54) is 5.56 Å². The summed E-state index contributed by atoms with van der Waals surface area (Å²) in [5.74, 6) is 0. The van der Waals surface area contributed by atoms with Gasteiger partial charge in [-0.2, -0.15) is 0 Å². The van der Waals surface area contributed by atoms with Gasteiger partial charge in [-0.15, -0.1) is 0 Å². The molecule has 0 aliphatic heterocycles. The Bertz CT molecular complexity index is 251. The average molecular weight is 209 g/mol. The summed E-state index contributed by atoms with van der Waals surface area (Å²) in [5.41, 5.74) is 7.17. The molecule has 84 valence electrons. The van der Waals surface area contributed by atoms with E-state index in [1.807, 2.05) is 25.1 Å². The van der Waals surface area contributed by atoms with Gasteiger partial charge in [-0.05, 0) is 25.3 Å². The fourth-order valence-electron chi connectivity index (χ4n) is 1.30. The minimum absolute atomic E-state index is 0.0387. The van der Waals surface area contributed by atoms with E-state index in [0.29, 0.717) is 13.2 Å². The molecule has 1 aromatic rings. The van der Waals surface area contributed by atoms with Crippen molar-refractivity contribution in [3.05, 3.63) is 35.9 Å². The number of hydrogen-bond donors (Lipinski definition) is 1. The first-order chi connectivity index (χ1) is 7.33. The van der Waals surface area contributed by atoms with Crippen molar-refractivity contribution in [3.63, 3.8) is 0 Å². The highest BCUT2D eigenvalue weighted by Gasteiger charge is 2.03. The zero-order chi connectivity index (χ0) is 10.9. The normalized spacial score (nSPS) is 12.7. The average Bonchev–Trinajstić information content (AvgIpc) is 2.28. The molecule has 0 bridgehead atoms. The van der Waals surface area contributed by atoms with E-state index in [2.05, 4.69) is 12.1 Å². The minimum Gasteiger partial charge on any atom is -0.326 e. The molecule has 0 amide bonds. The van der Waals surface area contributed by atoms with Crippen LogP contribution in [0.15, 0.2) is 30.3 Å². The summed E-state index contributed by atoms with van der Waals surface area (Å²) in [6.45, 7) is 2.90. The van der Waals surface area contributed by atoms with Crippen LogP contribution in [0.1, 0.15) is 18.9 Å². The molecule has 0 spiro atoms. The van der Waals surface area contributed by atoms with Gasteiger partial charge in [0.25, 0.3) is 0 Å². The second-order valence-electron chi connectivity index (χ2n) is 3.48. The Morgan fingerprint density at radius 2 is 1.93 bits per heavy atom. The highest BCUT2D eigenvalue weighted by molar-refractivity contribution is 5.14. The summed E-state index contributed by atoms with van der Waals surface area (Å²) in [6.07, 6.45) is 1.90. The van der Waals surface area contributed by atoms with Crippen molar-refractivity contribution in [1.29, 1.82) is 0 Å². The summed E-state index contributed by atoms with van der Waals surface area (Å²) in [4.78, 5) is 9.68. The van der Waals surface area contributed by atoms with E-state index in [9.17, 15) is 0 Å². The molecule has 15 heavy (non-hydrogen) atoms. The van der Waals surface area contributed by atoms with E-state index in [-0.39, 0.29) is 6.04 Å². The van der Waals surface area contributed by atoms with Crippen LogP contribution in [0, 0.1) is 0 Å². The first kappa shape index (κ1) is 12.2. The van der Waals surface area contributed by atoms with Crippen LogP contribution in [0.25, 0.3) is 0 Å². The predicted molar refractivity (Wildman–Crippen MR) is 60.3 cm³/mol. The lowest BCUT2D eigenvalue weighted by atomic mass is 10.1. The molecule has 0 fully saturated rings. The maximum absolute atomic E-state index is 5.86. The molecule has 3 nitrogen and oxygen atoms in total. The summed E-state index contributed by atoms with van der Waals surface area (Å²) >= 11 is 0. The van der Waals surface area contributed by atoms with Crippen LogP contribution in [0.5, 0.6) is 0 Å². The van der Waals surface area contributed by atoms with Crippen molar-refractivity contribution in [2.75, 3.05) is 13.2 Å². The van der Waals surface area contributed by atoms with Gasteiger partial charge in [0, 0.05) is 6.04 Å². The van der Waals surface area contributed by atoms with Gasteiger partial charge in [-0.1, -0.05) is 30.3 Å². The van der Waals surface area contributed by atoms with Gasteiger partial charge in [0.05, 0.1) is 13.2 Å². The molecule has 1 aromatic carbocycles. The summed E-state index contributed by atoms with van der Waals surface area (Å²) in [7, 11) is 0. The Kier molecular flexibility index (Phi) is 6.00. The number of hydrogen-bond acceptors (Lipinski definition) is 3. The van der Waals surface area contributed by atoms with Crippen molar-refractivity contribution >= 4 is 0 Å². The quantitative estimate of drug-likeness (QED) is 0.424. The van der Waals surface area contributed by atoms with Crippen LogP contribution in [-0.4, -0.2) is 19.3 Å². The number of nitrogens with two attached hydrogens (primary N) is 1. The molecule has 1 rings (SSSR count). The van der Waals surface area contributed by atoms with Crippen LogP contribution in [0.4, 0.5) is 0 Å². The van der Waals surface area contributed by atoms with E-state index < -0.39 is 0 Å². The Morgan fingerprint density at radius 3 is 2.60 bits per heavy atom. The smallest absolute Gasteiger partial charge is 0.0973 e. The lowest BCUT2D eigenvalue weighted by molar-refractivity contribution is -0.293. The second-order valence-corrected chi connectivity index (χ2v) is 3.48. The standard InChI is InChI=1S/C12H19NO2/c1-2-14-15-10-12(13)9-8-11-6-4-3-5-7-11/h3-7,12H,2,8-10,13H2,1H3/t12-/m0/s1. The van der Waals surface area contributed by atoms with Crippen LogP contribution in [0.3, 0.4) is 0 Å². The number of aryl methyl sites for hydroxylation is 1. The van der Waals surface area contributed by atoms with E-state index in [0.717, 1.165) is 12.8 Å². The number of benzene rings is 1. The van der Waals surface area contributed by atoms with Crippen LogP contribution in [-0.2, 0) is 16.2 Å². The molecular weight excluding hydrogens is 190 g/mol. The largest absolute Gasteiger partial charge is 0.326 e. The third-order valence-corrected chi connectivity index (χ3v) is 2.13. The SMILES string of the molecule is CCOOC[C@@H](N)CCc1ccccc1. The van der Waals surface area contributed by atoms with Gasteiger partial charge in [-0.3, -0.25) is 0 Å². The first-order valence-corrected chi connectivity index (χ1v) is 5.37. The lowest BCUT2D eigenvalue weighted by Gasteiger charge is -2.10. The van der Waals surface area contributed by atoms with Crippen LogP contribution in [0.2, 0.25) is 0 Å². The summed E-state index contributed by atoms with van der Waals surface area (Å²) < 4.78 is 0. The van der Waals surface area contributed by atoms with Gasteiger partial charge in [-0.25, -0.2) is 9.78 Å². The Morgan fingerprint density at radius 1 is 1.20 bits per heavy atom. The Hall–Kier alpha value is -0.900. The van der Waals surface area contributed by atoms with Gasteiger partial charge in [0.15, 0.2) is 0 Å². The predicted octanol–water partition coefficient (Wildman–Crippen LogP) is 1.91. The Balaban J connectivity index is 2.14. The zero-order valence-corrected chi connectivity index (χ0v) is 9.19. The molecule has 3 heteroatoms. The highest BCUT2D eigenvalue weighted by atomic mass is 17.2. The molecule has 1 atom stereocenters. The molecule has 0 aliphatic carbocycles. The first-order valence-electron chi connectivity index (χ1n) is 5.37. The van der Waals surface area contributed by atoms with Gasteiger partial charge in [0.1, 0.15) is 0 Å².